The van der Waals surface area contributed by atoms with Gasteiger partial charge in [0.05, 0.1) is 5.56 Å². The van der Waals surface area contributed by atoms with E-state index < -0.39 is 32.3 Å². The lowest BCUT2D eigenvalue weighted by atomic mass is 10.2. The van der Waals surface area contributed by atoms with Gasteiger partial charge in [0.1, 0.15) is 4.90 Å². The summed E-state index contributed by atoms with van der Waals surface area (Å²) in [5.41, 5.74) is -0.684. The highest BCUT2D eigenvalue weighted by molar-refractivity contribution is 9.10. The van der Waals surface area contributed by atoms with E-state index in [0.717, 1.165) is 16.4 Å². The highest BCUT2D eigenvalue weighted by Gasteiger charge is 2.28. The third kappa shape index (κ3) is 3.56. The molecule has 0 radical (unpaired) electrons. The maximum atomic E-state index is 14.1. The van der Waals surface area contributed by atoms with Crippen LogP contribution in [0.5, 0.6) is 0 Å². The molecule has 1 aromatic rings. The molecule has 1 aromatic carbocycles. The lowest BCUT2D eigenvalue weighted by Crippen LogP contribution is -2.31. The highest BCUT2D eigenvalue weighted by atomic mass is 79.9. The van der Waals surface area contributed by atoms with Crippen molar-refractivity contribution in [2.24, 2.45) is 5.92 Å². The van der Waals surface area contributed by atoms with E-state index in [2.05, 4.69) is 15.9 Å². The van der Waals surface area contributed by atoms with Crippen LogP contribution in [-0.2, 0) is 10.0 Å². The molecule has 0 atom stereocenters. The summed E-state index contributed by atoms with van der Waals surface area (Å²) in [6.07, 6.45) is 0. The lowest BCUT2D eigenvalue weighted by molar-refractivity contribution is 0.0691. The zero-order valence-corrected chi connectivity index (χ0v) is 13.6. The summed E-state index contributed by atoms with van der Waals surface area (Å²) in [6, 6.07) is 2.09. The predicted octanol–water partition coefficient (Wildman–Crippen LogP) is 2.56. The van der Waals surface area contributed by atoms with Gasteiger partial charge >= 0.3 is 5.97 Å². The number of hydrogen-bond donors (Lipinski definition) is 1. The van der Waals surface area contributed by atoms with Crippen LogP contribution in [0.4, 0.5) is 4.39 Å². The van der Waals surface area contributed by atoms with Crippen LogP contribution in [0.1, 0.15) is 24.2 Å². The minimum atomic E-state index is -4.08. The number of hydrogen-bond acceptors (Lipinski definition) is 3. The predicted molar refractivity (Wildman–Crippen MR) is 75.7 cm³/mol. The second kappa shape index (κ2) is 6.19. The Morgan fingerprint density at radius 2 is 2.00 bits per heavy atom. The summed E-state index contributed by atoms with van der Waals surface area (Å²) >= 11 is 2.99. The highest BCUT2D eigenvalue weighted by Crippen LogP contribution is 2.26. The molecule has 1 rings (SSSR count). The molecule has 0 fully saturated rings. The summed E-state index contributed by atoms with van der Waals surface area (Å²) in [6.45, 7) is 3.86. The Morgan fingerprint density at radius 1 is 1.45 bits per heavy atom. The fourth-order valence-corrected chi connectivity index (χ4v) is 3.74. The number of aromatic carboxylic acids is 1. The first kappa shape index (κ1) is 17.1. The van der Waals surface area contributed by atoms with Crippen LogP contribution in [0.2, 0.25) is 0 Å². The zero-order valence-electron chi connectivity index (χ0n) is 11.2. The van der Waals surface area contributed by atoms with E-state index in [1.807, 2.05) is 13.8 Å². The van der Waals surface area contributed by atoms with E-state index >= 15 is 0 Å². The summed E-state index contributed by atoms with van der Waals surface area (Å²) in [4.78, 5) is 10.3. The number of nitrogens with zero attached hydrogens (tertiary/aromatic N) is 1. The normalized spacial score (nSPS) is 12.2. The second-order valence-corrected chi connectivity index (χ2v) is 7.68. The molecule has 0 aliphatic heterocycles. The molecule has 0 aliphatic carbocycles. The maximum Gasteiger partial charge on any atom is 0.338 e. The SMILES string of the molecule is CC(C)CN(C)S(=O)(=O)c1cc(Br)cc(C(=O)O)c1F. The number of benzene rings is 1. The molecule has 8 heteroatoms. The van der Waals surface area contributed by atoms with Gasteiger partial charge in [0.2, 0.25) is 10.0 Å². The van der Waals surface area contributed by atoms with E-state index in [4.69, 9.17) is 5.11 Å². The van der Waals surface area contributed by atoms with Crippen molar-refractivity contribution in [3.63, 3.8) is 0 Å². The van der Waals surface area contributed by atoms with Gasteiger partial charge in [0.25, 0.3) is 0 Å². The van der Waals surface area contributed by atoms with Crippen LogP contribution in [-0.4, -0.2) is 37.4 Å². The summed E-state index contributed by atoms with van der Waals surface area (Å²) in [7, 11) is -2.75. The Kier molecular flexibility index (Phi) is 5.28. The smallest absolute Gasteiger partial charge is 0.338 e. The van der Waals surface area contributed by atoms with E-state index in [1.54, 1.807) is 0 Å². The van der Waals surface area contributed by atoms with Gasteiger partial charge in [-0.05, 0) is 18.1 Å². The molecule has 0 heterocycles. The fourth-order valence-electron chi connectivity index (χ4n) is 1.69. The molecule has 0 aromatic heterocycles. The van der Waals surface area contributed by atoms with Gasteiger partial charge < -0.3 is 5.11 Å². The van der Waals surface area contributed by atoms with Crippen molar-refractivity contribution in [2.45, 2.75) is 18.7 Å². The average Bonchev–Trinajstić information content (AvgIpc) is 2.30. The molecular weight excluding hydrogens is 353 g/mol. The number of carboxylic acids is 1. The van der Waals surface area contributed by atoms with E-state index in [0.29, 0.717) is 0 Å². The molecule has 0 spiro atoms. The number of carbonyl (C=O) groups is 1. The van der Waals surface area contributed by atoms with Gasteiger partial charge in [-0.15, -0.1) is 0 Å². The quantitative estimate of drug-likeness (QED) is 0.867. The van der Waals surface area contributed by atoms with Crippen LogP contribution < -0.4 is 0 Å². The molecule has 0 amide bonds. The topological polar surface area (TPSA) is 74.7 Å². The van der Waals surface area contributed by atoms with Gasteiger partial charge in [0.15, 0.2) is 5.82 Å². The molecule has 0 saturated heterocycles. The standard InChI is InChI=1S/C12H15BrFNO4S/c1-7(2)6-15(3)20(18,19)10-5-8(13)4-9(11(10)14)12(16)17/h4-5,7H,6H2,1-3H3,(H,16,17). The second-order valence-electron chi connectivity index (χ2n) is 4.75. The molecule has 0 saturated carbocycles. The van der Waals surface area contributed by atoms with E-state index in [1.165, 1.54) is 7.05 Å². The number of rotatable bonds is 5. The minimum Gasteiger partial charge on any atom is -0.478 e. The maximum absolute atomic E-state index is 14.1. The first-order valence-electron chi connectivity index (χ1n) is 5.76. The summed E-state index contributed by atoms with van der Waals surface area (Å²) in [5.74, 6) is -2.72. The molecule has 5 nitrogen and oxygen atoms in total. The number of sulfonamides is 1. The van der Waals surface area contributed by atoms with E-state index in [-0.39, 0.29) is 16.9 Å². The van der Waals surface area contributed by atoms with Crippen molar-refractivity contribution in [1.29, 1.82) is 0 Å². The van der Waals surface area contributed by atoms with Crippen molar-refractivity contribution in [3.05, 3.63) is 28.0 Å². The van der Waals surface area contributed by atoms with Crippen molar-refractivity contribution in [1.82, 2.24) is 4.31 Å². The van der Waals surface area contributed by atoms with Crippen molar-refractivity contribution >= 4 is 31.9 Å². The van der Waals surface area contributed by atoms with Crippen LogP contribution in [0.25, 0.3) is 0 Å². The number of halogens is 2. The average molecular weight is 368 g/mol. The Hall–Kier alpha value is -0.990. The Balaban J connectivity index is 3.43. The fraction of sp³-hybridized carbons (Fsp3) is 0.417. The molecule has 0 aliphatic rings. The summed E-state index contributed by atoms with van der Waals surface area (Å²) in [5, 5.41) is 8.90. The zero-order chi connectivity index (χ0) is 15.7. The Labute approximate surface area is 125 Å². The van der Waals surface area contributed by atoms with Gasteiger partial charge in [-0.1, -0.05) is 29.8 Å². The van der Waals surface area contributed by atoms with Gasteiger partial charge in [-0.2, -0.15) is 0 Å². The number of carboxylic acid groups (broad SMARTS) is 1. The van der Waals surface area contributed by atoms with Crippen molar-refractivity contribution in [3.8, 4) is 0 Å². The van der Waals surface area contributed by atoms with Crippen LogP contribution in [0.3, 0.4) is 0 Å². The molecular formula is C12H15BrFNO4S. The Bertz CT molecular complexity index is 631. The molecule has 1 N–H and O–H groups in total. The van der Waals surface area contributed by atoms with Gasteiger partial charge in [-0.25, -0.2) is 21.9 Å². The van der Waals surface area contributed by atoms with Crippen LogP contribution in [0, 0.1) is 11.7 Å². The first-order chi connectivity index (χ1) is 9.07. The molecule has 20 heavy (non-hydrogen) atoms. The third-order valence-corrected chi connectivity index (χ3v) is 4.83. The van der Waals surface area contributed by atoms with Gasteiger partial charge in [0, 0.05) is 18.1 Å². The van der Waals surface area contributed by atoms with Gasteiger partial charge in [-0.3, -0.25) is 0 Å². The monoisotopic (exact) mass is 367 g/mol. The Morgan fingerprint density at radius 3 is 2.45 bits per heavy atom. The summed E-state index contributed by atoms with van der Waals surface area (Å²) < 4.78 is 39.9. The lowest BCUT2D eigenvalue weighted by Gasteiger charge is -2.20. The van der Waals surface area contributed by atoms with Crippen LogP contribution in [0.15, 0.2) is 21.5 Å². The van der Waals surface area contributed by atoms with E-state index in [9.17, 15) is 17.6 Å². The van der Waals surface area contributed by atoms with Crippen LogP contribution >= 0.6 is 15.9 Å². The third-order valence-electron chi connectivity index (χ3n) is 2.54. The van der Waals surface area contributed by atoms with Crippen molar-refractivity contribution < 1.29 is 22.7 Å². The van der Waals surface area contributed by atoms with Crippen molar-refractivity contribution in [2.75, 3.05) is 13.6 Å². The largest absolute Gasteiger partial charge is 0.478 e. The molecule has 0 bridgehead atoms. The molecule has 112 valence electrons. The minimum absolute atomic E-state index is 0.0592. The molecule has 0 unspecified atom stereocenters. The first-order valence-corrected chi connectivity index (χ1v) is 7.99.